The van der Waals surface area contributed by atoms with Crippen LogP contribution in [0.15, 0.2) is 42.5 Å². The Bertz CT molecular complexity index is 709. The lowest BCUT2D eigenvalue weighted by molar-refractivity contribution is 0.0948. The second-order valence-corrected chi connectivity index (χ2v) is 5.89. The van der Waals surface area contributed by atoms with Crippen LogP contribution in [0.1, 0.15) is 59.7 Å². The van der Waals surface area contributed by atoms with Gasteiger partial charge in [-0.15, -0.1) is 0 Å². The molecule has 0 radical (unpaired) electrons. The number of hydrogen-bond acceptors (Lipinski definition) is 3. The Morgan fingerprint density at radius 3 is 2.21 bits per heavy atom. The summed E-state index contributed by atoms with van der Waals surface area (Å²) in [7, 11) is 0. The van der Waals surface area contributed by atoms with Crippen LogP contribution in [0.5, 0.6) is 0 Å². The number of nitrogens with one attached hydrogen (secondary N) is 2. The van der Waals surface area contributed by atoms with E-state index in [-0.39, 0.29) is 23.2 Å². The van der Waals surface area contributed by atoms with Crippen LogP contribution in [0.25, 0.3) is 0 Å². The fourth-order valence-electron chi connectivity index (χ4n) is 2.16. The van der Waals surface area contributed by atoms with E-state index in [2.05, 4.69) is 29.5 Å². The van der Waals surface area contributed by atoms with E-state index in [0.717, 1.165) is 6.42 Å². The molecule has 2 aromatic rings. The van der Waals surface area contributed by atoms with Gasteiger partial charge in [0.05, 0.1) is 0 Å². The molecule has 0 bridgehead atoms. The summed E-state index contributed by atoms with van der Waals surface area (Å²) in [6.07, 6.45) is 0.846. The number of amides is 2. The maximum absolute atomic E-state index is 12.3. The Morgan fingerprint density at radius 1 is 1.00 bits per heavy atom. The SMILES string of the molecule is CCCNC(=O)c1cccc(C(=O)Nc2ccc(C(C)C)cc2)n1. The van der Waals surface area contributed by atoms with Crippen LogP contribution in [0.2, 0.25) is 0 Å². The third-order valence-electron chi connectivity index (χ3n) is 3.59. The van der Waals surface area contributed by atoms with Crippen LogP contribution in [-0.2, 0) is 0 Å². The minimum absolute atomic E-state index is 0.215. The first kappa shape index (κ1) is 17.7. The molecular weight excluding hydrogens is 302 g/mol. The number of rotatable bonds is 6. The van der Waals surface area contributed by atoms with Crippen LogP contribution in [0.3, 0.4) is 0 Å². The van der Waals surface area contributed by atoms with Crippen molar-refractivity contribution < 1.29 is 9.59 Å². The maximum atomic E-state index is 12.3. The summed E-state index contributed by atoms with van der Waals surface area (Å²) >= 11 is 0. The van der Waals surface area contributed by atoms with Gasteiger partial charge in [0, 0.05) is 12.2 Å². The molecule has 126 valence electrons. The van der Waals surface area contributed by atoms with Gasteiger partial charge in [0.2, 0.25) is 0 Å². The summed E-state index contributed by atoms with van der Waals surface area (Å²) in [5, 5.41) is 5.55. The van der Waals surface area contributed by atoms with Crippen molar-refractivity contribution in [2.75, 3.05) is 11.9 Å². The standard InChI is InChI=1S/C19H23N3O2/c1-4-12-20-18(23)16-6-5-7-17(22-16)19(24)21-15-10-8-14(9-11-15)13(2)3/h5-11,13H,4,12H2,1-3H3,(H,20,23)(H,21,24). The van der Waals surface area contributed by atoms with Gasteiger partial charge in [-0.25, -0.2) is 4.98 Å². The largest absolute Gasteiger partial charge is 0.351 e. The summed E-state index contributed by atoms with van der Waals surface area (Å²) in [5.74, 6) is -0.167. The summed E-state index contributed by atoms with van der Waals surface area (Å²) < 4.78 is 0. The number of nitrogens with zero attached hydrogens (tertiary/aromatic N) is 1. The molecule has 1 aromatic carbocycles. The quantitative estimate of drug-likeness (QED) is 0.852. The molecule has 5 nitrogen and oxygen atoms in total. The predicted molar refractivity (Wildman–Crippen MR) is 95.3 cm³/mol. The van der Waals surface area contributed by atoms with Crippen LogP contribution < -0.4 is 10.6 Å². The minimum atomic E-state index is -0.336. The van der Waals surface area contributed by atoms with E-state index < -0.39 is 0 Å². The Labute approximate surface area is 142 Å². The molecule has 0 atom stereocenters. The monoisotopic (exact) mass is 325 g/mol. The number of carbonyl (C=O) groups is 2. The van der Waals surface area contributed by atoms with Crippen molar-refractivity contribution in [2.45, 2.75) is 33.1 Å². The molecule has 24 heavy (non-hydrogen) atoms. The van der Waals surface area contributed by atoms with Gasteiger partial charge in [-0.2, -0.15) is 0 Å². The summed E-state index contributed by atoms with van der Waals surface area (Å²) in [6.45, 7) is 6.79. The van der Waals surface area contributed by atoms with E-state index in [0.29, 0.717) is 18.2 Å². The molecule has 2 rings (SSSR count). The second kappa shape index (κ2) is 8.24. The van der Waals surface area contributed by atoms with E-state index in [9.17, 15) is 9.59 Å². The fraction of sp³-hybridized carbons (Fsp3) is 0.316. The Morgan fingerprint density at radius 2 is 1.62 bits per heavy atom. The van der Waals surface area contributed by atoms with E-state index in [1.54, 1.807) is 18.2 Å². The fourth-order valence-corrected chi connectivity index (χ4v) is 2.16. The summed E-state index contributed by atoms with van der Waals surface area (Å²) in [6, 6.07) is 12.6. The first-order valence-corrected chi connectivity index (χ1v) is 8.17. The van der Waals surface area contributed by atoms with Crippen molar-refractivity contribution in [3.63, 3.8) is 0 Å². The van der Waals surface area contributed by atoms with Crippen molar-refractivity contribution in [1.29, 1.82) is 0 Å². The first-order chi connectivity index (χ1) is 11.5. The molecular formula is C19H23N3O2. The summed E-state index contributed by atoms with van der Waals surface area (Å²) in [5.41, 5.74) is 2.37. The molecule has 0 fully saturated rings. The zero-order valence-corrected chi connectivity index (χ0v) is 14.3. The number of aromatic nitrogens is 1. The van der Waals surface area contributed by atoms with Crippen LogP contribution >= 0.6 is 0 Å². The highest BCUT2D eigenvalue weighted by molar-refractivity contribution is 6.03. The van der Waals surface area contributed by atoms with Gasteiger partial charge in [-0.1, -0.05) is 39.0 Å². The second-order valence-electron chi connectivity index (χ2n) is 5.89. The Kier molecular flexibility index (Phi) is 6.07. The number of carbonyl (C=O) groups excluding carboxylic acids is 2. The van der Waals surface area contributed by atoms with Crippen molar-refractivity contribution in [3.8, 4) is 0 Å². The molecule has 5 heteroatoms. The molecule has 0 aliphatic rings. The van der Waals surface area contributed by atoms with Crippen molar-refractivity contribution >= 4 is 17.5 Å². The van der Waals surface area contributed by atoms with Gasteiger partial charge in [0.25, 0.3) is 11.8 Å². The van der Waals surface area contributed by atoms with Gasteiger partial charge < -0.3 is 10.6 Å². The third-order valence-corrected chi connectivity index (χ3v) is 3.59. The highest BCUT2D eigenvalue weighted by Crippen LogP contribution is 2.17. The molecule has 0 saturated heterocycles. The predicted octanol–water partition coefficient (Wildman–Crippen LogP) is 3.60. The normalized spacial score (nSPS) is 10.5. The van der Waals surface area contributed by atoms with Gasteiger partial charge >= 0.3 is 0 Å². The van der Waals surface area contributed by atoms with E-state index in [1.165, 1.54) is 5.56 Å². The van der Waals surface area contributed by atoms with E-state index in [4.69, 9.17) is 0 Å². The first-order valence-electron chi connectivity index (χ1n) is 8.17. The number of hydrogen-bond donors (Lipinski definition) is 2. The van der Waals surface area contributed by atoms with Crippen molar-refractivity contribution in [3.05, 3.63) is 59.4 Å². The number of pyridine rings is 1. The van der Waals surface area contributed by atoms with Gasteiger partial charge in [0.15, 0.2) is 0 Å². The third kappa shape index (κ3) is 4.65. The molecule has 2 amide bonds. The van der Waals surface area contributed by atoms with Gasteiger partial charge in [-0.3, -0.25) is 9.59 Å². The topological polar surface area (TPSA) is 71.1 Å². The highest BCUT2D eigenvalue weighted by atomic mass is 16.2. The zero-order valence-electron chi connectivity index (χ0n) is 14.3. The lowest BCUT2D eigenvalue weighted by atomic mass is 10.0. The summed E-state index contributed by atoms with van der Waals surface area (Å²) in [4.78, 5) is 28.4. The average molecular weight is 325 g/mol. The van der Waals surface area contributed by atoms with Crippen LogP contribution in [0, 0.1) is 0 Å². The lowest BCUT2D eigenvalue weighted by Gasteiger charge is -2.09. The number of anilines is 1. The van der Waals surface area contributed by atoms with Gasteiger partial charge in [0.1, 0.15) is 11.4 Å². The molecule has 0 aliphatic heterocycles. The van der Waals surface area contributed by atoms with Crippen molar-refractivity contribution in [1.82, 2.24) is 10.3 Å². The van der Waals surface area contributed by atoms with Crippen LogP contribution in [0.4, 0.5) is 5.69 Å². The molecule has 0 saturated carbocycles. The highest BCUT2D eigenvalue weighted by Gasteiger charge is 2.12. The smallest absolute Gasteiger partial charge is 0.274 e. The maximum Gasteiger partial charge on any atom is 0.274 e. The molecule has 0 spiro atoms. The number of benzene rings is 1. The Balaban J connectivity index is 2.08. The molecule has 1 heterocycles. The lowest BCUT2D eigenvalue weighted by Crippen LogP contribution is -2.26. The molecule has 1 aromatic heterocycles. The van der Waals surface area contributed by atoms with Crippen LogP contribution in [-0.4, -0.2) is 23.3 Å². The van der Waals surface area contributed by atoms with Gasteiger partial charge in [-0.05, 0) is 42.2 Å². The average Bonchev–Trinajstić information content (AvgIpc) is 2.60. The molecule has 0 unspecified atom stereocenters. The molecule has 2 N–H and O–H groups in total. The molecule has 0 aliphatic carbocycles. The minimum Gasteiger partial charge on any atom is -0.351 e. The zero-order chi connectivity index (χ0) is 17.5. The van der Waals surface area contributed by atoms with E-state index >= 15 is 0 Å². The van der Waals surface area contributed by atoms with E-state index in [1.807, 2.05) is 31.2 Å². The Hall–Kier alpha value is -2.69. The van der Waals surface area contributed by atoms with Crippen molar-refractivity contribution in [2.24, 2.45) is 0 Å².